The van der Waals surface area contributed by atoms with Gasteiger partial charge in [0.2, 0.25) is 5.91 Å². The van der Waals surface area contributed by atoms with Crippen LogP contribution in [-0.2, 0) is 20.7 Å². The Hall–Kier alpha value is -2.41. The number of carbonyl (C=O) groups is 2. The van der Waals surface area contributed by atoms with Crippen LogP contribution in [0.15, 0.2) is 29.3 Å². The van der Waals surface area contributed by atoms with E-state index in [4.69, 9.17) is 14.5 Å². The molecule has 0 aromatic heterocycles. The van der Waals surface area contributed by atoms with Crippen LogP contribution in [-0.4, -0.2) is 54.3 Å². The van der Waals surface area contributed by atoms with Gasteiger partial charge in [-0.3, -0.25) is 4.79 Å². The Bertz CT molecular complexity index is 941. The minimum Gasteiger partial charge on any atom is -0.478 e. The maximum absolute atomic E-state index is 12.7. The summed E-state index contributed by atoms with van der Waals surface area (Å²) in [5.74, 6) is 0.612. The topological polar surface area (TPSA) is 97.2 Å². The number of nitrogens with one attached hydrogen (secondary N) is 1. The molecule has 7 nitrogen and oxygen atoms in total. The zero-order valence-corrected chi connectivity index (χ0v) is 20.5. The van der Waals surface area contributed by atoms with Gasteiger partial charge in [0.25, 0.3) is 0 Å². The van der Waals surface area contributed by atoms with Gasteiger partial charge in [-0.25, -0.2) is 9.79 Å². The molecule has 2 saturated heterocycles. The van der Waals surface area contributed by atoms with Crippen LogP contribution < -0.4 is 5.32 Å². The Morgan fingerprint density at radius 2 is 1.83 bits per heavy atom. The van der Waals surface area contributed by atoms with E-state index in [0.717, 1.165) is 30.7 Å². The highest BCUT2D eigenvalue weighted by molar-refractivity contribution is 5.91. The molecule has 7 heteroatoms. The number of amides is 1. The van der Waals surface area contributed by atoms with Crippen LogP contribution in [0.1, 0.15) is 80.1 Å². The van der Waals surface area contributed by atoms with E-state index in [9.17, 15) is 14.7 Å². The van der Waals surface area contributed by atoms with E-state index in [1.54, 1.807) is 12.1 Å². The third-order valence-corrected chi connectivity index (χ3v) is 8.45. The Labute approximate surface area is 207 Å². The van der Waals surface area contributed by atoms with E-state index in [1.807, 2.05) is 12.1 Å². The molecular formula is C28H38N2O5. The van der Waals surface area contributed by atoms with Gasteiger partial charge >= 0.3 is 5.97 Å². The number of carbonyl (C=O) groups excluding carboxylic acids is 1. The lowest BCUT2D eigenvalue weighted by molar-refractivity contribution is -0.122. The van der Waals surface area contributed by atoms with E-state index in [-0.39, 0.29) is 36.6 Å². The zero-order chi connectivity index (χ0) is 24.2. The summed E-state index contributed by atoms with van der Waals surface area (Å²) < 4.78 is 12.2. The summed E-state index contributed by atoms with van der Waals surface area (Å²) in [5, 5.41) is 12.6. The van der Waals surface area contributed by atoms with Crippen LogP contribution in [0.4, 0.5) is 0 Å². The molecule has 1 aromatic rings. The lowest BCUT2D eigenvalue weighted by atomic mass is 9.75. The number of hydrogen-bond donors (Lipinski definition) is 2. The molecule has 35 heavy (non-hydrogen) atoms. The number of nitrogens with zero attached hydrogens (tertiary/aromatic N) is 1. The quantitative estimate of drug-likeness (QED) is 0.482. The molecule has 2 N–H and O–H groups in total. The summed E-state index contributed by atoms with van der Waals surface area (Å²) in [4.78, 5) is 29.1. The SMILES string of the molecule is O=C(O)c1ccccc1CC1C2CCC(O2)C1C1=NC(C(=O)NCCCCC2CCCCC2)CO1. The molecule has 5 atom stereocenters. The highest BCUT2D eigenvalue weighted by atomic mass is 16.5. The van der Waals surface area contributed by atoms with Crippen molar-refractivity contribution in [3.8, 4) is 0 Å². The monoisotopic (exact) mass is 482 g/mol. The second-order valence-corrected chi connectivity index (χ2v) is 10.7. The van der Waals surface area contributed by atoms with Crippen molar-refractivity contribution in [2.45, 2.75) is 88.9 Å². The first-order valence-corrected chi connectivity index (χ1v) is 13.5. The Morgan fingerprint density at radius 3 is 2.66 bits per heavy atom. The van der Waals surface area contributed by atoms with Crippen LogP contribution in [0.3, 0.4) is 0 Å². The standard InChI is InChI=1S/C28H38N2O5/c31-26(29-15-7-6-10-18-8-2-1-3-9-18)22-17-34-27(30-22)25-21(23-13-14-24(25)35-23)16-19-11-4-5-12-20(19)28(32)33/h4-5,11-12,18,21-25H,1-3,6-10,13-17H2,(H,29,31)(H,32,33). The highest BCUT2D eigenvalue weighted by Gasteiger charge is 2.53. The number of hydrogen-bond acceptors (Lipinski definition) is 5. The zero-order valence-electron chi connectivity index (χ0n) is 20.5. The molecule has 1 aromatic carbocycles. The van der Waals surface area contributed by atoms with Crippen LogP contribution in [0, 0.1) is 17.8 Å². The van der Waals surface area contributed by atoms with Gasteiger partial charge in [0, 0.05) is 12.5 Å². The second kappa shape index (κ2) is 11.1. The van der Waals surface area contributed by atoms with Gasteiger partial charge in [-0.2, -0.15) is 0 Å². The predicted octanol–water partition coefficient (Wildman–Crippen LogP) is 4.39. The summed E-state index contributed by atoms with van der Waals surface area (Å²) in [5.41, 5.74) is 1.15. The number of rotatable bonds is 10. The molecule has 3 fully saturated rings. The first-order chi connectivity index (χ1) is 17.1. The average molecular weight is 483 g/mol. The molecule has 0 radical (unpaired) electrons. The first-order valence-electron chi connectivity index (χ1n) is 13.5. The number of unbranched alkanes of at least 4 members (excludes halogenated alkanes) is 1. The fourth-order valence-corrected chi connectivity index (χ4v) is 6.61. The summed E-state index contributed by atoms with van der Waals surface area (Å²) in [6, 6.07) is 6.66. The predicted molar refractivity (Wildman–Crippen MR) is 133 cm³/mol. The molecule has 3 aliphatic heterocycles. The number of ether oxygens (including phenoxy) is 2. The number of carboxylic acid groups (broad SMARTS) is 1. The minimum atomic E-state index is -0.911. The van der Waals surface area contributed by atoms with Crippen molar-refractivity contribution in [2.75, 3.05) is 13.2 Å². The minimum absolute atomic E-state index is 0.0242. The van der Waals surface area contributed by atoms with Crippen molar-refractivity contribution in [1.82, 2.24) is 5.32 Å². The number of aromatic carboxylic acids is 1. The Kier molecular flexibility index (Phi) is 7.71. The van der Waals surface area contributed by atoms with Gasteiger partial charge in [-0.1, -0.05) is 63.1 Å². The second-order valence-electron chi connectivity index (χ2n) is 10.7. The van der Waals surface area contributed by atoms with Crippen LogP contribution in [0.5, 0.6) is 0 Å². The third-order valence-electron chi connectivity index (χ3n) is 8.45. The molecule has 1 aliphatic carbocycles. The maximum atomic E-state index is 12.7. The summed E-state index contributed by atoms with van der Waals surface area (Å²) in [7, 11) is 0. The van der Waals surface area contributed by atoms with Gasteiger partial charge in [0.15, 0.2) is 11.9 Å². The fourth-order valence-electron chi connectivity index (χ4n) is 6.61. The number of benzene rings is 1. The summed E-state index contributed by atoms with van der Waals surface area (Å²) >= 11 is 0. The van der Waals surface area contributed by atoms with Crippen molar-refractivity contribution in [1.29, 1.82) is 0 Å². The molecule has 0 spiro atoms. The normalized spacial score (nSPS) is 30.2. The molecular weight excluding hydrogens is 444 g/mol. The van der Waals surface area contributed by atoms with E-state index in [0.29, 0.717) is 24.4 Å². The van der Waals surface area contributed by atoms with Crippen LogP contribution >= 0.6 is 0 Å². The van der Waals surface area contributed by atoms with Crippen molar-refractivity contribution >= 4 is 17.8 Å². The summed E-state index contributed by atoms with van der Waals surface area (Å²) in [6.07, 6.45) is 13.0. The lowest BCUT2D eigenvalue weighted by Gasteiger charge is -2.27. The van der Waals surface area contributed by atoms with Gasteiger partial charge in [-0.15, -0.1) is 0 Å². The van der Waals surface area contributed by atoms with E-state index < -0.39 is 12.0 Å². The highest BCUT2D eigenvalue weighted by Crippen LogP contribution is 2.46. The first kappa shape index (κ1) is 24.3. The molecule has 5 rings (SSSR count). The molecule has 5 unspecified atom stereocenters. The molecule has 1 saturated carbocycles. The number of aliphatic imine (C=N–C) groups is 1. The molecule has 3 heterocycles. The van der Waals surface area contributed by atoms with Crippen molar-refractivity contribution < 1.29 is 24.2 Å². The molecule has 190 valence electrons. The molecule has 2 bridgehead atoms. The third kappa shape index (κ3) is 5.55. The molecule has 1 amide bonds. The van der Waals surface area contributed by atoms with Crippen LogP contribution in [0.2, 0.25) is 0 Å². The Balaban J connectivity index is 1.15. The smallest absolute Gasteiger partial charge is 0.335 e. The van der Waals surface area contributed by atoms with Gasteiger partial charge < -0.3 is 19.9 Å². The van der Waals surface area contributed by atoms with Gasteiger partial charge in [0.1, 0.15) is 6.61 Å². The average Bonchev–Trinajstić information content (AvgIpc) is 3.61. The Morgan fingerprint density at radius 1 is 1.03 bits per heavy atom. The van der Waals surface area contributed by atoms with Crippen molar-refractivity contribution in [3.63, 3.8) is 0 Å². The van der Waals surface area contributed by atoms with Gasteiger partial charge in [0.05, 0.1) is 23.7 Å². The van der Waals surface area contributed by atoms with Crippen LogP contribution in [0.25, 0.3) is 0 Å². The maximum Gasteiger partial charge on any atom is 0.335 e. The number of fused-ring (bicyclic) bond motifs is 2. The largest absolute Gasteiger partial charge is 0.478 e. The van der Waals surface area contributed by atoms with E-state index >= 15 is 0 Å². The number of carboxylic acids is 1. The fraction of sp³-hybridized carbons (Fsp3) is 0.679. The van der Waals surface area contributed by atoms with Crippen molar-refractivity contribution in [2.24, 2.45) is 22.7 Å². The van der Waals surface area contributed by atoms with Crippen molar-refractivity contribution in [3.05, 3.63) is 35.4 Å². The summed E-state index contributed by atoms with van der Waals surface area (Å²) in [6.45, 7) is 0.967. The van der Waals surface area contributed by atoms with E-state index in [1.165, 1.54) is 44.9 Å². The van der Waals surface area contributed by atoms with E-state index in [2.05, 4.69) is 5.32 Å². The molecule has 4 aliphatic rings. The van der Waals surface area contributed by atoms with Gasteiger partial charge in [-0.05, 0) is 43.2 Å². The lowest BCUT2D eigenvalue weighted by Crippen LogP contribution is -2.35.